The Morgan fingerprint density at radius 1 is 0.933 bits per heavy atom. The number of aliphatic hydroxyl groups excluding tert-OH is 2. The Balaban J connectivity index is 1.69. The highest BCUT2D eigenvalue weighted by atomic mass is 16.3. The van der Waals surface area contributed by atoms with Crippen LogP contribution in [0.4, 0.5) is 0 Å². The fourth-order valence-corrected chi connectivity index (χ4v) is 3.37. The first-order valence-corrected chi connectivity index (χ1v) is 6.62. The van der Waals surface area contributed by atoms with Crippen molar-refractivity contribution in [3.05, 3.63) is 0 Å². The molecule has 2 heteroatoms. The predicted octanol–water partition coefficient (Wildman–Crippen LogP) is 2.48. The maximum atomic E-state index is 9.98. The molecule has 2 fully saturated rings. The summed E-state index contributed by atoms with van der Waals surface area (Å²) in [7, 11) is 0. The van der Waals surface area contributed by atoms with Gasteiger partial charge in [0.25, 0.3) is 0 Å². The van der Waals surface area contributed by atoms with Crippen LogP contribution in [0.15, 0.2) is 0 Å². The quantitative estimate of drug-likeness (QED) is 0.751. The maximum Gasteiger partial charge on any atom is 0.0569 e. The minimum atomic E-state index is -0.161. The average molecular weight is 212 g/mol. The normalized spacial score (nSPS) is 34.8. The molecule has 0 aromatic carbocycles. The largest absolute Gasteiger partial charge is 0.393 e. The van der Waals surface area contributed by atoms with Crippen molar-refractivity contribution in [1.29, 1.82) is 0 Å². The zero-order chi connectivity index (χ0) is 10.7. The van der Waals surface area contributed by atoms with Gasteiger partial charge in [0.2, 0.25) is 0 Å². The van der Waals surface area contributed by atoms with Gasteiger partial charge in [0.1, 0.15) is 0 Å². The Morgan fingerprint density at radius 2 is 1.67 bits per heavy atom. The van der Waals surface area contributed by atoms with Gasteiger partial charge in [-0.2, -0.15) is 0 Å². The van der Waals surface area contributed by atoms with Gasteiger partial charge >= 0.3 is 0 Å². The van der Waals surface area contributed by atoms with E-state index in [1.54, 1.807) is 0 Å². The van der Waals surface area contributed by atoms with E-state index in [-0.39, 0.29) is 12.2 Å². The molecule has 3 atom stereocenters. The van der Waals surface area contributed by atoms with Crippen LogP contribution in [0.2, 0.25) is 0 Å². The summed E-state index contributed by atoms with van der Waals surface area (Å²) in [6.07, 6.45) is 10.0. The predicted molar refractivity (Wildman–Crippen MR) is 60.5 cm³/mol. The summed E-state index contributed by atoms with van der Waals surface area (Å²) in [5.41, 5.74) is 0. The van der Waals surface area contributed by atoms with Gasteiger partial charge in [0.15, 0.2) is 0 Å². The zero-order valence-electron chi connectivity index (χ0n) is 9.57. The van der Waals surface area contributed by atoms with Crippen molar-refractivity contribution in [2.45, 2.75) is 70.0 Å². The van der Waals surface area contributed by atoms with Crippen molar-refractivity contribution in [2.75, 3.05) is 0 Å². The maximum absolute atomic E-state index is 9.98. The molecule has 2 nitrogen and oxygen atoms in total. The third-order valence-electron chi connectivity index (χ3n) is 4.27. The molecule has 2 saturated carbocycles. The fourth-order valence-electron chi connectivity index (χ4n) is 3.37. The van der Waals surface area contributed by atoms with Gasteiger partial charge in [-0.15, -0.1) is 0 Å². The molecule has 0 radical (unpaired) electrons. The standard InChI is InChI=1S/C13H24O2/c14-12(8-10-4-1-2-5-10)9-11-6-3-7-13(11)15/h10-15H,1-9H2. The minimum Gasteiger partial charge on any atom is -0.393 e. The van der Waals surface area contributed by atoms with Crippen molar-refractivity contribution >= 4 is 0 Å². The van der Waals surface area contributed by atoms with Gasteiger partial charge in [0, 0.05) is 0 Å². The zero-order valence-corrected chi connectivity index (χ0v) is 9.57. The van der Waals surface area contributed by atoms with Crippen molar-refractivity contribution < 1.29 is 10.2 Å². The molecule has 3 unspecified atom stereocenters. The van der Waals surface area contributed by atoms with E-state index < -0.39 is 0 Å². The van der Waals surface area contributed by atoms with Gasteiger partial charge in [-0.05, 0) is 37.5 Å². The van der Waals surface area contributed by atoms with E-state index in [0.29, 0.717) is 5.92 Å². The second-order valence-electron chi connectivity index (χ2n) is 5.53. The number of rotatable bonds is 4. The molecule has 0 amide bonds. The summed E-state index contributed by atoms with van der Waals surface area (Å²) in [5.74, 6) is 1.14. The highest BCUT2D eigenvalue weighted by molar-refractivity contribution is 4.80. The third-order valence-corrected chi connectivity index (χ3v) is 4.27. The number of aliphatic hydroxyl groups is 2. The SMILES string of the molecule is OC(CC1CCCC1)CC1CCCC1O. The van der Waals surface area contributed by atoms with Crippen LogP contribution >= 0.6 is 0 Å². The molecule has 0 aliphatic heterocycles. The monoisotopic (exact) mass is 212 g/mol. The Bertz CT molecular complexity index is 187. The minimum absolute atomic E-state index is 0.136. The summed E-state index contributed by atoms with van der Waals surface area (Å²) in [5, 5.41) is 19.7. The van der Waals surface area contributed by atoms with Crippen LogP contribution in [0.1, 0.15) is 57.8 Å². The molecule has 2 aliphatic carbocycles. The van der Waals surface area contributed by atoms with E-state index in [4.69, 9.17) is 0 Å². The third kappa shape index (κ3) is 3.18. The molecule has 0 aromatic rings. The molecular weight excluding hydrogens is 188 g/mol. The summed E-state index contributed by atoms with van der Waals surface area (Å²) in [6.45, 7) is 0. The molecule has 2 aliphatic rings. The van der Waals surface area contributed by atoms with E-state index in [9.17, 15) is 10.2 Å². The van der Waals surface area contributed by atoms with Crippen molar-refractivity contribution in [3.63, 3.8) is 0 Å². The van der Waals surface area contributed by atoms with E-state index >= 15 is 0 Å². The molecule has 0 saturated heterocycles. The van der Waals surface area contributed by atoms with E-state index in [0.717, 1.165) is 38.0 Å². The van der Waals surface area contributed by atoms with Crippen LogP contribution < -0.4 is 0 Å². The first-order chi connectivity index (χ1) is 7.25. The summed E-state index contributed by atoms with van der Waals surface area (Å²) >= 11 is 0. The molecule has 0 aromatic heterocycles. The van der Waals surface area contributed by atoms with Gasteiger partial charge < -0.3 is 10.2 Å². The molecular formula is C13H24O2. The van der Waals surface area contributed by atoms with Crippen molar-refractivity contribution in [1.82, 2.24) is 0 Å². The summed E-state index contributed by atoms with van der Waals surface area (Å²) in [4.78, 5) is 0. The molecule has 0 bridgehead atoms. The summed E-state index contributed by atoms with van der Waals surface area (Å²) < 4.78 is 0. The van der Waals surface area contributed by atoms with Gasteiger partial charge in [-0.1, -0.05) is 32.1 Å². The number of hydrogen-bond acceptors (Lipinski definition) is 2. The highest BCUT2D eigenvalue weighted by Gasteiger charge is 2.28. The first-order valence-electron chi connectivity index (χ1n) is 6.62. The molecule has 2 N–H and O–H groups in total. The lowest BCUT2D eigenvalue weighted by molar-refractivity contribution is 0.0677. The van der Waals surface area contributed by atoms with Crippen LogP contribution in [0, 0.1) is 11.8 Å². The Morgan fingerprint density at radius 3 is 2.27 bits per heavy atom. The summed E-state index contributed by atoms with van der Waals surface area (Å²) in [6, 6.07) is 0. The van der Waals surface area contributed by atoms with E-state index in [1.807, 2.05) is 0 Å². The Hall–Kier alpha value is -0.0800. The molecule has 88 valence electrons. The average Bonchev–Trinajstić information content (AvgIpc) is 2.79. The van der Waals surface area contributed by atoms with Crippen LogP contribution in [-0.4, -0.2) is 22.4 Å². The van der Waals surface area contributed by atoms with Crippen molar-refractivity contribution in [3.8, 4) is 0 Å². The van der Waals surface area contributed by atoms with Crippen LogP contribution in [0.5, 0.6) is 0 Å². The fraction of sp³-hybridized carbons (Fsp3) is 1.00. The lowest BCUT2D eigenvalue weighted by Gasteiger charge is -2.20. The van der Waals surface area contributed by atoms with Crippen LogP contribution in [0.25, 0.3) is 0 Å². The topological polar surface area (TPSA) is 40.5 Å². The molecule has 15 heavy (non-hydrogen) atoms. The van der Waals surface area contributed by atoms with E-state index in [1.165, 1.54) is 25.7 Å². The first kappa shape index (κ1) is 11.4. The van der Waals surface area contributed by atoms with E-state index in [2.05, 4.69) is 0 Å². The second-order valence-corrected chi connectivity index (χ2v) is 5.53. The smallest absolute Gasteiger partial charge is 0.0569 e. The molecule has 0 spiro atoms. The lowest BCUT2D eigenvalue weighted by atomic mass is 9.91. The Labute approximate surface area is 92.7 Å². The molecule has 0 heterocycles. The number of hydrogen-bond donors (Lipinski definition) is 2. The Kier molecular flexibility index (Phi) is 4.04. The van der Waals surface area contributed by atoms with Gasteiger partial charge in [-0.3, -0.25) is 0 Å². The second kappa shape index (κ2) is 5.31. The van der Waals surface area contributed by atoms with Crippen LogP contribution in [-0.2, 0) is 0 Å². The lowest BCUT2D eigenvalue weighted by Crippen LogP contribution is -2.21. The molecule has 2 rings (SSSR count). The van der Waals surface area contributed by atoms with Crippen molar-refractivity contribution in [2.24, 2.45) is 11.8 Å². The highest BCUT2D eigenvalue weighted by Crippen LogP contribution is 2.33. The van der Waals surface area contributed by atoms with Crippen LogP contribution in [0.3, 0.4) is 0 Å². The van der Waals surface area contributed by atoms with Gasteiger partial charge in [0.05, 0.1) is 12.2 Å². The van der Waals surface area contributed by atoms with Gasteiger partial charge in [-0.25, -0.2) is 0 Å².